The zero-order valence-corrected chi connectivity index (χ0v) is 6.72. The van der Waals surface area contributed by atoms with E-state index < -0.39 is 0 Å². The number of ether oxygens (including phenoxy) is 1. The molecule has 2 unspecified atom stereocenters. The molecule has 2 rings (SSSR count). The van der Waals surface area contributed by atoms with Crippen LogP contribution in [0.25, 0.3) is 0 Å². The number of hydrogen-bond donors (Lipinski definition) is 1. The van der Waals surface area contributed by atoms with Crippen molar-refractivity contribution >= 4 is 6.09 Å². The van der Waals surface area contributed by atoms with Crippen LogP contribution in [0, 0.1) is 5.92 Å². The zero-order chi connectivity index (χ0) is 7.90. The SMILES string of the molecule is CC1CCC2(CNC(=O)O2)C1. The Kier molecular flexibility index (Phi) is 1.34. The van der Waals surface area contributed by atoms with E-state index in [1.807, 2.05) is 0 Å². The van der Waals surface area contributed by atoms with Crippen molar-refractivity contribution in [1.82, 2.24) is 5.32 Å². The Morgan fingerprint density at radius 2 is 2.55 bits per heavy atom. The normalized spacial score (nSPS) is 42.6. The fraction of sp³-hybridized carbons (Fsp3) is 0.875. The second-order valence-corrected chi connectivity index (χ2v) is 3.77. The molecule has 2 atom stereocenters. The highest BCUT2D eigenvalue weighted by molar-refractivity contribution is 5.70. The molecule has 2 aliphatic rings. The highest BCUT2D eigenvalue weighted by Gasteiger charge is 2.45. The maximum absolute atomic E-state index is 10.8. The Labute approximate surface area is 66.1 Å². The van der Waals surface area contributed by atoms with Gasteiger partial charge in [0.05, 0.1) is 6.54 Å². The summed E-state index contributed by atoms with van der Waals surface area (Å²) in [5.41, 5.74) is -0.128. The van der Waals surface area contributed by atoms with Crippen molar-refractivity contribution < 1.29 is 9.53 Å². The lowest BCUT2D eigenvalue weighted by Gasteiger charge is -2.19. The van der Waals surface area contributed by atoms with Crippen molar-refractivity contribution in [2.24, 2.45) is 5.92 Å². The summed E-state index contributed by atoms with van der Waals surface area (Å²) in [6.07, 6.45) is 3.02. The van der Waals surface area contributed by atoms with Gasteiger partial charge < -0.3 is 10.1 Å². The number of hydrogen-bond acceptors (Lipinski definition) is 2. The van der Waals surface area contributed by atoms with Crippen molar-refractivity contribution in [3.05, 3.63) is 0 Å². The van der Waals surface area contributed by atoms with Crippen LogP contribution in [-0.4, -0.2) is 18.2 Å². The number of carbonyl (C=O) groups excluding carboxylic acids is 1. The molecule has 0 aromatic heterocycles. The molecule has 0 radical (unpaired) electrons. The summed E-state index contributed by atoms with van der Waals surface area (Å²) in [5, 5.41) is 2.71. The average molecular weight is 155 g/mol. The Morgan fingerprint density at radius 1 is 1.73 bits per heavy atom. The van der Waals surface area contributed by atoms with Crippen LogP contribution in [0.1, 0.15) is 26.2 Å². The van der Waals surface area contributed by atoms with Gasteiger partial charge in [0.1, 0.15) is 5.60 Å². The summed E-state index contributed by atoms with van der Waals surface area (Å²) in [5.74, 6) is 0.711. The minimum absolute atomic E-state index is 0.128. The van der Waals surface area contributed by atoms with E-state index in [1.165, 1.54) is 6.42 Å². The minimum Gasteiger partial charge on any atom is -0.441 e. The van der Waals surface area contributed by atoms with E-state index in [4.69, 9.17) is 4.74 Å². The first-order valence-electron chi connectivity index (χ1n) is 4.17. The quantitative estimate of drug-likeness (QED) is 0.572. The second-order valence-electron chi connectivity index (χ2n) is 3.77. The second kappa shape index (κ2) is 2.13. The Morgan fingerprint density at radius 3 is 3.00 bits per heavy atom. The summed E-state index contributed by atoms with van der Waals surface area (Å²) < 4.78 is 5.23. The lowest BCUT2D eigenvalue weighted by Crippen LogP contribution is -2.29. The fourth-order valence-corrected chi connectivity index (χ4v) is 2.10. The van der Waals surface area contributed by atoms with Crippen molar-refractivity contribution in [3.8, 4) is 0 Å². The van der Waals surface area contributed by atoms with Gasteiger partial charge in [0.25, 0.3) is 0 Å². The van der Waals surface area contributed by atoms with Crippen LogP contribution in [0.15, 0.2) is 0 Å². The van der Waals surface area contributed by atoms with Crippen LogP contribution in [0.4, 0.5) is 4.79 Å². The topological polar surface area (TPSA) is 38.3 Å². The number of nitrogens with one attached hydrogen (secondary N) is 1. The van der Waals surface area contributed by atoms with E-state index in [0.717, 1.165) is 19.4 Å². The highest BCUT2D eigenvalue weighted by Crippen LogP contribution is 2.38. The smallest absolute Gasteiger partial charge is 0.407 e. The molecular formula is C8H13NO2. The summed E-state index contributed by atoms with van der Waals surface area (Å²) in [6, 6.07) is 0. The molecule has 0 aromatic carbocycles. The predicted octanol–water partition coefficient (Wildman–Crippen LogP) is 1.29. The third-order valence-corrected chi connectivity index (χ3v) is 2.68. The maximum atomic E-state index is 10.8. The molecule has 1 aliphatic carbocycles. The number of rotatable bonds is 0. The summed E-state index contributed by atoms with van der Waals surface area (Å²) >= 11 is 0. The van der Waals surface area contributed by atoms with Crippen molar-refractivity contribution in [2.45, 2.75) is 31.8 Å². The first-order chi connectivity index (χ1) is 5.20. The molecule has 1 aliphatic heterocycles. The summed E-state index contributed by atoms with van der Waals surface area (Å²) in [4.78, 5) is 10.8. The standard InChI is InChI=1S/C8H13NO2/c1-6-2-3-8(4-6)5-9-7(10)11-8/h6H,2-5H2,1H3,(H,9,10). The summed E-state index contributed by atoms with van der Waals surface area (Å²) in [7, 11) is 0. The van der Waals surface area contributed by atoms with Gasteiger partial charge in [0.15, 0.2) is 0 Å². The molecule has 1 heterocycles. The molecule has 1 amide bonds. The Bertz CT molecular complexity index is 193. The first kappa shape index (κ1) is 6.95. The average Bonchev–Trinajstić information content (AvgIpc) is 2.44. The number of amides is 1. The molecule has 3 heteroatoms. The van der Waals surface area contributed by atoms with Gasteiger partial charge in [-0.05, 0) is 25.2 Å². The van der Waals surface area contributed by atoms with Gasteiger partial charge in [-0.1, -0.05) is 6.92 Å². The van der Waals surface area contributed by atoms with Crippen molar-refractivity contribution in [2.75, 3.05) is 6.54 Å². The predicted molar refractivity (Wildman–Crippen MR) is 40.2 cm³/mol. The van der Waals surface area contributed by atoms with E-state index in [0.29, 0.717) is 5.92 Å². The van der Waals surface area contributed by atoms with Gasteiger partial charge in [-0.15, -0.1) is 0 Å². The molecule has 62 valence electrons. The minimum atomic E-state index is -0.237. The number of carbonyl (C=O) groups is 1. The monoisotopic (exact) mass is 155 g/mol. The molecule has 1 saturated heterocycles. The van der Waals surface area contributed by atoms with E-state index in [2.05, 4.69) is 12.2 Å². The maximum Gasteiger partial charge on any atom is 0.407 e. The van der Waals surface area contributed by atoms with Gasteiger partial charge in [-0.25, -0.2) is 4.79 Å². The first-order valence-corrected chi connectivity index (χ1v) is 4.17. The van der Waals surface area contributed by atoms with Crippen LogP contribution in [-0.2, 0) is 4.74 Å². The van der Waals surface area contributed by atoms with Crippen LogP contribution in [0.2, 0.25) is 0 Å². The van der Waals surface area contributed by atoms with Crippen molar-refractivity contribution in [1.29, 1.82) is 0 Å². The molecule has 2 fully saturated rings. The Balaban J connectivity index is 2.07. The van der Waals surface area contributed by atoms with E-state index in [1.54, 1.807) is 0 Å². The third kappa shape index (κ3) is 1.08. The lowest BCUT2D eigenvalue weighted by atomic mass is 10.0. The molecule has 0 bridgehead atoms. The lowest BCUT2D eigenvalue weighted by molar-refractivity contribution is 0.0601. The van der Waals surface area contributed by atoms with E-state index in [-0.39, 0.29) is 11.7 Å². The molecule has 1 N–H and O–H groups in total. The largest absolute Gasteiger partial charge is 0.441 e. The fourth-order valence-electron chi connectivity index (χ4n) is 2.10. The Hall–Kier alpha value is -0.730. The molecule has 3 nitrogen and oxygen atoms in total. The van der Waals surface area contributed by atoms with E-state index >= 15 is 0 Å². The van der Waals surface area contributed by atoms with Gasteiger partial charge in [-0.2, -0.15) is 0 Å². The van der Waals surface area contributed by atoms with Crippen LogP contribution < -0.4 is 5.32 Å². The molecule has 1 spiro atoms. The third-order valence-electron chi connectivity index (χ3n) is 2.68. The molecular weight excluding hydrogens is 142 g/mol. The molecule has 0 aromatic rings. The van der Waals surface area contributed by atoms with Gasteiger partial charge in [0, 0.05) is 0 Å². The molecule has 1 saturated carbocycles. The van der Waals surface area contributed by atoms with Crippen LogP contribution in [0.3, 0.4) is 0 Å². The van der Waals surface area contributed by atoms with Gasteiger partial charge in [-0.3, -0.25) is 0 Å². The zero-order valence-electron chi connectivity index (χ0n) is 6.72. The van der Waals surface area contributed by atoms with Crippen LogP contribution >= 0.6 is 0 Å². The van der Waals surface area contributed by atoms with Gasteiger partial charge >= 0.3 is 6.09 Å². The highest BCUT2D eigenvalue weighted by atomic mass is 16.6. The van der Waals surface area contributed by atoms with Crippen LogP contribution in [0.5, 0.6) is 0 Å². The van der Waals surface area contributed by atoms with Crippen molar-refractivity contribution in [3.63, 3.8) is 0 Å². The number of alkyl carbamates (subject to hydrolysis) is 1. The summed E-state index contributed by atoms with van der Waals surface area (Å²) in [6.45, 7) is 2.93. The van der Waals surface area contributed by atoms with Gasteiger partial charge in [0.2, 0.25) is 0 Å². The van der Waals surface area contributed by atoms with E-state index in [9.17, 15) is 4.79 Å². The molecule has 11 heavy (non-hydrogen) atoms.